The number of nitrogens with one attached hydrogen (secondary N) is 1. The predicted octanol–water partition coefficient (Wildman–Crippen LogP) is 3.69. The van der Waals surface area contributed by atoms with Gasteiger partial charge in [0, 0.05) is 25.6 Å². The van der Waals surface area contributed by atoms with E-state index in [1.54, 1.807) is 4.90 Å². The second kappa shape index (κ2) is 10.3. The Morgan fingerprint density at radius 1 is 1.15 bits per heavy atom. The number of carbonyl (C=O) groups is 3. The number of rotatable bonds is 8. The van der Waals surface area contributed by atoms with Crippen molar-refractivity contribution in [1.82, 2.24) is 15.1 Å². The fraction of sp³-hybridized carbons (Fsp3) is 0.536. The molecule has 3 aliphatic rings. The van der Waals surface area contributed by atoms with E-state index in [0.29, 0.717) is 24.9 Å². The highest BCUT2D eigenvalue weighted by Gasteiger charge is 2.46. The van der Waals surface area contributed by atoms with E-state index < -0.39 is 6.04 Å². The minimum Gasteiger partial charge on any atom is -0.326 e. The molecule has 1 aliphatic carbocycles. The maximum absolute atomic E-state index is 13.2. The van der Waals surface area contributed by atoms with E-state index in [1.807, 2.05) is 0 Å². The number of carbonyl (C=O) groups excluding carboxylic acids is 3. The van der Waals surface area contributed by atoms with Gasteiger partial charge in [-0.2, -0.15) is 0 Å². The highest BCUT2D eigenvalue weighted by atomic mass is 16.2. The van der Waals surface area contributed by atoms with Crippen LogP contribution < -0.4 is 5.32 Å². The Balaban J connectivity index is 1.43. The van der Waals surface area contributed by atoms with Crippen LogP contribution in [0, 0.1) is 17.8 Å². The molecule has 182 valence electrons. The molecule has 1 aromatic rings. The van der Waals surface area contributed by atoms with Crippen LogP contribution in [0.25, 0.3) is 0 Å². The Morgan fingerprint density at radius 3 is 2.56 bits per heavy atom. The molecule has 2 aliphatic heterocycles. The lowest BCUT2D eigenvalue weighted by molar-refractivity contribution is -0.145. The van der Waals surface area contributed by atoms with Gasteiger partial charge in [-0.25, -0.2) is 0 Å². The van der Waals surface area contributed by atoms with Crippen LogP contribution in [-0.4, -0.2) is 52.7 Å². The molecule has 0 spiro atoms. The molecular weight excluding hydrogens is 426 g/mol. The van der Waals surface area contributed by atoms with Crippen molar-refractivity contribution in [2.45, 2.75) is 65.6 Å². The third-order valence-corrected chi connectivity index (χ3v) is 7.74. The van der Waals surface area contributed by atoms with E-state index in [-0.39, 0.29) is 36.0 Å². The van der Waals surface area contributed by atoms with Gasteiger partial charge in [0.05, 0.1) is 5.92 Å². The van der Waals surface area contributed by atoms with Crippen molar-refractivity contribution in [3.63, 3.8) is 0 Å². The largest absolute Gasteiger partial charge is 0.326 e. The Bertz CT molecular complexity index is 999. The summed E-state index contributed by atoms with van der Waals surface area (Å²) in [7, 11) is 0. The van der Waals surface area contributed by atoms with E-state index in [0.717, 1.165) is 25.1 Å². The zero-order valence-electron chi connectivity index (χ0n) is 20.8. The number of imide groups is 1. The summed E-state index contributed by atoms with van der Waals surface area (Å²) in [5, 5.41) is 2.39. The van der Waals surface area contributed by atoms with Gasteiger partial charge in [0.15, 0.2) is 0 Å². The third kappa shape index (κ3) is 5.02. The molecule has 0 aromatic heterocycles. The zero-order chi connectivity index (χ0) is 24.4. The molecule has 0 radical (unpaired) electrons. The number of likely N-dealkylation sites (tertiary alicyclic amines) is 1. The number of allylic oxidation sites excluding steroid dienone is 3. The average molecular weight is 464 g/mol. The molecule has 2 saturated heterocycles. The molecule has 3 amide bonds. The van der Waals surface area contributed by atoms with Gasteiger partial charge in [-0.1, -0.05) is 63.3 Å². The number of hydrogen-bond acceptors (Lipinski definition) is 4. The first kappa shape index (κ1) is 24.4. The normalized spacial score (nSPS) is 26.7. The summed E-state index contributed by atoms with van der Waals surface area (Å²) < 4.78 is 0. The molecule has 1 aromatic carbocycles. The quantitative estimate of drug-likeness (QED) is 0.597. The average Bonchev–Trinajstić information content (AvgIpc) is 3.14. The Hall–Kier alpha value is -2.73. The van der Waals surface area contributed by atoms with Crippen LogP contribution in [0.15, 0.2) is 53.6 Å². The van der Waals surface area contributed by atoms with Crippen molar-refractivity contribution in [2.75, 3.05) is 13.1 Å². The van der Waals surface area contributed by atoms with Gasteiger partial charge in [-0.15, -0.1) is 0 Å². The third-order valence-electron chi connectivity index (χ3n) is 7.74. The summed E-state index contributed by atoms with van der Waals surface area (Å²) >= 11 is 0. The molecule has 34 heavy (non-hydrogen) atoms. The van der Waals surface area contributed by atoms with Gasteiger partial charge in [-0.05, 0) is 54.9 Å². The van der Waals surface area contributed by atoms with Crippen molar-refractivity contribution in [1.29, 1.82) is 0 Å². The van der Waals surface area contributed by atoms with Crippen molar-refractivity contribution in [3.05, 3.63) is 59.2 Å². The molecular formula is C28H37N3O3. The van der Waals surface area contributed by atoms with Crippen molar-refractivity contribution >= 4 is 17.7 Å². The van der Waals surface area contributed by atoms with Crippen molar-refractivity contribution < 1.29 is 14.4 Å². The summed E-state index contributed by atoms with van der Waals surface area (Å²) in [5.41, 5.74) is 3.73. The van der Waals surface area contributed by atoms with E-state index in [1.165, 1.54) is 11.1 Å². The lowest BCUT2D eigenvalue weighted by atomic mass is 9.78. The van der Waals surface area contributed by atoms with Gasteiger partial charge >= 0.3 is 0 Å². The minimum atomic E-state index is -0.541. The first-order valence-corrected chi connectivity index (χ1v) is 12.6. The number of benzene rings is 1. The number of fused-ring (bicyclic) bond motifs is 1. The number of amides is 3. The topological polar surface area (TPSA) is 69.7 Å². The smallest absolute Gasteiger partial charge is 0.249 e. The van der Waals surface area contributed by atoms with E-state index in [4.69, 9.17) is 0 Å². The van der Waals surface area contributed by atoms with Crippen LogP contribution in [-0.2, 0) is 20.9 Å². The maximum atomic E-state index is 13.2. The van der Waals surface area contributed by atoms with Crippen molar-refractivity contribution in [2.24, 2.45) is 17.8 Å². The standard InChI is InChI=1S/C28H37N3O3/c1-5-30(16-21-9-7-6-8-10-21)20(4)13-18(2)22-14-19(3)26-23(15-22)17-31(28(26)34)24-11-12-25(32)29-27(24)33/h6-10,14-15,18-20,24,26H,5,11-13,16-17H2,1-4H3,(H,29,32,33)/t18?,19?,20-,24?,26?/m0/s1. The fourth-order valence-corrected chi connectivity index (χ4v) is 5.81. The molecule has 6 heteroatoms. The van der Waals surface area contributed by atoms with Gasteiger partial charge in [0.2, 0.25) is 17.7 Å². The van der Waals surface area contributed by atoms with Crippen LogP contribution >= 0.6 is 0 Å². The number of nitrogens with zero attached hydrogens (tertiary/aromatic N) is 2. The summed E-state index contributed by atoms with van der Waals surface area (Å²) in [5.74, 6) is -0.294. The Kier molecular flexibility index (Phi) is 7.36. The SMILES string of the molecule is CCN(Cc1ccccc1)[C@@H](C)CC(C)C1=CC(C)C2C(=O)N(C3CCC(=O)NC3=O)CC2=C1. The highest BCUT2D eigenvalue weighted by molar-refractivity contribution is 6.02. The molecule has 5 atom stereocenters. The lowest BCUT2D eigenvalue weighted by Gasteiger charge is -2.32. The van der Waals surface area contributed by atoms with Gasteiger partial charge in [-0.3, -0.25) is 24.6 Å². The zero-order valence-corrected chi connectivity index (χ0v) is 20.8. The second-order valence-electron chi connectivity index (χ2n) is 10.2. The predicted molar refractivity (Wildman–Crippen MR) is 132 cm³/mol. The number of hydrogen-bond donors (Lipinski definition) is 1. The summed E-state index contributed by atoms with van der Waals surface area (Å²) in [6, 6.07) is 10.5. The molecule has 2 fully saturated rings. The number of piperidine rings is 1. The molecule has 0 saturated carbocycles. The first-order chi connectivity index (χ1) is 16.3. The molecule has 0 bridgehead atoms. The van der Waals surface area contributed by atoms with E-state index >= 15 is 0 Å². The molecule has 1 N–H and O–H groups in total. The molecule has 4 rings (SSSR count). The van der Waals surface area contributed by atoms with Gasteiger partial charge in [0.1, 0.15) is 6.04 Å². The van der Waals surface area contributed by atoms with Gasteiger partial charge in [0.25, 0.3) is 0 Å². The van der Waals surface area contributed by atoms with Crippen LogP contribution in [0.4, 0.5) is 0 Å². The lowest BCUT2D eigenvalue weighted by Crippen LogP contribution is -2.53. The Labute approximate surface area is 203 Å². The van der Waals surface area contributed by atoms with Crippen molar-refractivity contribution in [3.8, 4) is 0 Å². The maximum Gasteiger partial charge on any atom is 0.249 e. The Morgan fingerprint density at radius 2 is 1.88 bits per heavy atom. The molecule has 6 nitrogen and oxygen atoms in total. The van der Waals surface area contributed by atoms with Crippen LogP contribution in [0.2, 0.25) is 0 Å². The van der Waals surface area contributed by atoms with E-state index in [2.05, 4.69) is 80.4 Å². The molecule has 4 unspecified atom stereocenters. The highest BCUT2D eigenvalue weighted by Crippen LogP contribution is 2.40. The second-order valence-corrected chi connectivity index (χ2v) is 10.2. The fourth-order valence-electron chi connectivity index (χ4n) is 5.81. The van der Waals surface area contributed by atoms with Gasteiger partial charge < -0.3 is 4.90 Å². The first-order valence-electron chi connectivity index (χ1n) is 12.6. The summed E-state index contributed by atoms with van der Waals surface area (Å²) in [6.45, 7) is 11.3. The minimum absolute atomic E-state index is 0.0181. The molecule has 2 heterocycles. The van der Waals surface area contributed by atoms with E-state index in [9.17, 15) is 14.4 Å². The summed E-state index contributed by atoms with van der Waals surface area (Å²) in [6.07, 6.45) is 6.20. The summed E-state index contributed by atoms with van der Waals surface area (Å²) in [4.78, 5) is 41.3. The van der Waals surface area contributed by atoms with Crippen LogP contribution in [0.3, 0.4) is 0 Å². The van der Waals surface area contributed by atoms with Crippen LogP contribution in [0.5, 0.6) is 0 Å². The monoisotopic (exact) mass is 463 g/mol. The van der Waals surface area contributed by atoms with Crippen LogP contribution in [0.1, 0.15) is 52.5 Å².